The summed E-state index contributed by atoms with van der Waals surface area (Å²) >= 11 is 0. The summed E-state index contributed by atoms with van der Waals surface area (Å²) in [7, 11) is 2.04. The van der Waals surface area contributed by atoms with Crippen LogP contribution >= 0.6 is 0 Å². The van der Waals surface area contributed by atoms with E-state index in [1.165, 1.54) is 19.3 Å². The maximum atomic E-state index is 14.3. The van der Waals surface area contributed by atoms with Gasteiger partial charge in [-0.2, -0.15) is 0 Å². The van der Waals surface area contributed by atoms with E-state index >= 15 is 0 Å². The Morgan fingerprint density at radius 3 is 2.44 bits per heavy atom. The van der Waals surface area contributed by atoms with Gasteiger partial charge in [0.25, 0.3) is 0 Å². The summed E-state index contributed by atoms with van der Waals surface area (Å²) in [5.74, 6) is -6.12. The largest absolute Gasteiger partial charge is 0.356 e. The van der Waals surface area contributed by atoms with Crippen molar-refractivity contribution in [2.45, 2.75) is 57.9 Å². The number of hydrogen-bond donors (Lipinski definition) is 1. The first-order chi connectivity index (χ1) is 12.0. The van der Waals surface area contributed by atoms with Crippen molar-refractivity contribution in [3.63, 3.8) is 0 Å². The second kappa shape index (κ2) is 7.36. The molecule has 1 N–H and O–H groups in total. The van der Waals surface area contributed by atoms with E-state index in [0.29, 0.717) is 24.1 Å². The Balaban J connectivity index is 1.85. The molecule has 0 fully saturated rings. The van der Waals surface area contributed by atoms with Gasteiger partial charge in [-0.3, -0.25) is 0 Å². The van der Waals surface area contributed by atoms with E-state index < -0.39 is 23.3 Å². The number of aromatic nitrogens is 1. The molecule has 3 rings (SSSR count). The molecule has 6 heteroatoms. The van der Waals surface area contributed by atoms with Crippen molar-refractivity contribution in [3.05, 3.63) is 34.5 Å². The minimum atomic E-state index is -1.76. The molecular formula is C19H24F4N2. The van der Waals surface area contributed by atoms with Crippen molar-refractivity contribution >= 4 is 10.9 Å². The molecule has 1 atom stereocenters. The first-order valence-electron chi connectivity index (χ1n) is 9.01. The van der Waals surface area contributed by atoms with Gasteiger partial charge >= 0.3 is 0 Å². The lowest BCUT2D eigenvalue weighted by Gasteiger charge is -2.31. The van der Waals surface area contributed by atoms with Gasteiger partial charge in [0.05, 0.1) is 5.52 Å². The number of aryl methyl sites for hydroxylation is 1. The van der Waals surface area contributed by atoms with Crippen molar-refractivity contribution in [2.24, 2.45) is 0 Å². The number of aromatic amines is 1. The highest BCUT2D eigenvalue weighted by Crippen LogP contribution is 2.35. The Hall–Kier alpha value is -1.56. The average Bonchev–Trinajstić information content (AvgIpc) is 3.00. The molecule has 138 valence electrons. The third-order valence-electron chi connectivity index (χ3n) is 5.36. The zero-order valence-corrected chi connectivity index (χ0v) is 14.7. The van der Waals surface area contributed by atoms with Crippen molar-refractivity contribution in [2.75, 3.05) is 13.6 Å². The fourth-order valence-corrected chi connectivity index (χ4v) is 3.84. The summed E-state index contributed by atoms with van der Waals surface area (Å²) < 4.78 is 55.4. The smallest absolute Gasteiger partial charge is 0.199 e. The van der Waals surface area contributed by atoms with E-state index in [-0.39, 0.29) is 16.9 Å². The molecule has 0 spiro atoms. The second-order valence-corrected chi connectivity index (χ2v) is 7.03. The second-order valence-electron chi connectivity index (χ2n) is 7.03. The number of likely N-dealkylation sites (N-methyl/N-ethyl adjacent to an activating group) is 1. The fourth-order valence-electron chi connectivity index (χ4n) is 3.84. The first-order valence-corrected chi connectivity index (χ1v) is 9.01. The molecule has 1 aromatic heterocycles. The van der Waals surface area contributed by atoms with Crippen LogP contribution in [0.25, 0.3) is 10.9 Å². The van der Waals surface area contributed by atoms with E-state index in [1.807, 2.05) is 7.05 Å². The van der Waals surface area contributed by atoms with Crippen LogP contribution in [-0.2, 0) is 12.8 Å². The topological polar surface area (TPSA) is 19.0 Å². The van der Waals surface area contributed by atoms with Crippen molar-refractivity contribution in [1.82, 2.24) is 9.88 Å². The van der Waals surface area contributed by atoms with E-state index in [0.717, 1.165) is 19.4 Å². The normalized spacial score (nSPS) is 17.5. The van der Waals surface area contributed by atoms with Crippen LogP contribution in [0.5, 0.6) is 0 Å². The molecule has 0 saturated carbocycles. The Kier molecular flexibility index (Phi) is 5.37. The number of unbranched alkanes of at least 4 members (excludes halogenated alkanes) is 3. The van der Waals surface area contributed by atoms with Gasteiger partial charge in [0.15, 0.2) is 23.3 Å². The minimum absolute atomic E-state index is 0.129. The van der Waals surface area contributed by atoms with Gasteiger partial charge in [-0.05, 0) is 44.8 Å². The summed E-state index contributed by atoms with van der Waals surface area (Å²) in [6.07, 6.45) is 6.66. The number of H-pyrrole nitrogens is 1. The maximum absolute atomic E-state index is 14.3. The number of halogens is 4. The van der Waals surface area contributed by atoms with E-state index in [1.54, 1.807) is 0 Å². The molecule has 1 aromatic carbocycles. The minimum Gasteiger partial charge on any atom is -0.356 e. The third-order valence-corrected chi connectivity index (χ3v) is 5.36. The SMILES string of the molecule is CCCCCCN(C)C1CCc2[nH]c3c(F)c(F)c(F)c(F)c3c2C1. The van der Waals surface area contributed by atoms with Gasteiger partial charge in [-0.25, -0.2) is 17.6 Å². The lowest BCUT2D eigenvalue weighted by molar-refractivity contribution is 0.217. The van der Waals surface area contributed by atoms with Crippen molar-refractivity contribution < 1.29 is 17.6 Å². The molecule has 1 aliphatic carbocycles. The molecule has 25 heavy (non-hydrogen) atoms. The Morgan fingerprint density at radius 2 is 1.72 bits per heavy atom. The fraction of sp³-hybridized carbons (Fsp3) is 0.579. The molecule has 1 heterocycles. The van der Waals surface area contributed by atoms with Gasteiger partial charge in [0.2, 0.25) is 0 Å². The van der Waals surface area contributed by atoms with Gasteiger partial charge < -0.3 is 9.88 Å². The Bertz CT molecular complexity index is 769. The number of benzene rings is 1. The quantitative estimate of drug-likeness (QED) is 0.330. The zero-order chi connectivity index (χ0) is 18.1. The maximum Gasteiger partial charge on any atom is 0.199 e. The zero-order valence-electron chi connectivity index (χ0n) is 14.7. The van der Waals surface area contributed by atoms with Crippen LogP contribution in [0.15, 0.2) is 0 Å². The average molecular weight is 356 g/mol. The summed E-state index contributed by atoms with van der Waals surface area (Å²) in [6.45, 7) is 3.11. The van der Waals surface area contributed by atoms with Crippen LogP contribution in [0.3, 0.4) is 0 Å². The van der Waals surface area contributed by atoms with Gasteiger partial charge in [0, 0.05) is 17.1 Å². The molecular weight excluding hydrogens is 332 g/mol. The molecule has 2 aromatic rings. The van der Waals surface area contributed by atoms with Crippen molar-refractivity contribution in [1.29, 1.82) is 0 Å². The van der Waals surface area contributed by atoms with Crippen LogP contribution in [0, 0.1) is 23.3 Å². The standard InChI is InChI=1S/C19H24F4N2/c1-3-4-5-6-9-25(2)11-7-8-13-12(10-11)14-15(20)16(21)17(22)18(23)19(14)24-13/h11,24H,3-10H2,1-2H3. The summed E-state index contributed by atoms with van der Waals surface area (Å²) in [5, 5.41) is -0.129. The van der Waals surface area contributed by atoms with Crippen LogP contribution in [0.2, 0.25) is 0 Å². The third kappa shape index (κ3) is 3.28. The van der Waals surface area contributed by atoms with Gasteiger partial charge in [0.1, 0.15) is 0 Å². The van der Waals surface area contributed by atoms with E-state index in [4.69, 9.17) is 0 Å². The van der Waals surface area contributed by atoms with Crippen LogP contribution in [0.1, 0.15) is 50.3 Å². The van der Waals surface area contributed by atoms with Crippen LogP contribution in [0.4, 0.5) is 17.6 Å². The molecule has 1 aliphatic rings. The van der Waals surface area contributed by atoms with E-state index in [9.17, 15) is 17.6 Å². The summed E-state index contributed by atoms with van der Waals surface area (Å²) in [4.78, 5) is 5.01. The van der Waals surface area contributed by atoms with E-state index in [2.05, 4.69) is 16.8 Å². The highest BCUT2D eigenvalue weighted by molar-refractivity contribution is 5.86. The molecule has 2 nitrogen and oxygen atoms in total. The summed E-state index contributed by atoms with van der Waals surface area (Å²) in [5.41, 5.74) is 1.02. The predicted molar refractivity (Wildman–Crippen MR) is 90.7 cm³/mol. The van der Waals surface area contributed by atoms with Crippen LogP contribution in [-0.4, -0.2) is 29.5 Å². The number of nitrogens with zero attached hydrogens (tertiary/aromatic N) is 1. The Morgan fingerprint density at radius 1 is 1.00 bits per heavy atom. The lowest BCUT2D eigenvalue weighted by Crippen LogP contribution is -2.37. The number of rotatable bonds is 6. The number of nitrogens with one attached hydrogen (secondary N) is 1. The molecule has 0 saturated heterocycles. The molecule has 0 aliphatic heterocycles. The molecule has 0 bridgehead atoms. The Labute approximate surface area is 145 Å². The summed E-state index contributed by atoms with van der Waals surface area (Å²) in [6, 6.07) is 0.198. The predicted octanol–water partition coefficient (Wildman–Crippen LogP) is 5.09. The van der Waals surface area contributed by atoms with Crippen molar-refractivity contribution in [3.8, 4) is 0 Å². The number of hydrogen-bond acceptors (Lipinski definition) is 1. The monoisotopic (exact) mass is 356 g/mol. The van der Waals surface area contributed by atoms with Gasteiger partial charge in [-0.1, -0.05) is 26.2 Å². The highest BCUT2D eigenvalue weighted by Gasteiger charge is 2.30. The first kappa shape index (κ1) is 18.2. The molecule has 1 unspecified atom stereocenters. The molecule has 0 radical (unpaired) electrons. The highest BCUT2D eigenvalue weighted by atomic mass is 19.2. The van der Waals surface area contributed by atoms with Crippen LogP contribution < -0.4 is 0 Å². The van der Waals surface area contributed by atoms with Gasteiger partial charge in [-0.15, -0.1) is 0 Å². The number of fused-ring (bicyclic) bond motifs is 3. The molecule has 0 amide bonds. The lowest BCUT2D eigenvalue weighted by atomic mass is 9.90.